The first-order chi connectivity index (χ1) is 8.81. The van der Waals surface area contributed by atoms with Crippen molar-refractivity contribution in [1.29, 1.82) is 0 Å². The van der Waals surface area contributed by atoms with E-state index >= 15 is 0 Å². The molecule has 2 amide bonds. The Morgan fingerprint density at radius 1 is 1.21 bits per heavy atom. The predicted octanol–water partition coefficient (Wildman–Crippen LogP) is 0.374. The first-order valence-electron chi connectivity index (χ1n) is 6.61. The molecule has 6 nitrogen and oxygen atoms in total. The van der Waals surface area contributed by atoms with Gasteiger partial charge in [0.25, 0.3) is 0 Å². The first-order valence-corrected chi connectivity index (χ1v) is 6.61. The Hall–Kier alpha value is -1.59. The van der Waals surface area contributed by atoms with E-state index in [1.165, 1.54) is 0 Å². The zero-order chi connectivity index (χ0) is 14.6. The van der Waals surface area contributed by atoms with Gasteiger partial charge in [-0.05, 0) is 32.6 Å². The van der Waals surface area contributed by atoms with E-state index in [1.807, 2.05) is 20.8 Å². The minimum absolute atomic E-state index is 0.0164. The summed E-state index contributed by atoms with van der Waals surface area (Å²) < 4.78 is 0. The van der Waals surface area contributed by atoms with Gasteiger partial charge in [-0.2, -0.15) is 0 Å². The van der Waals surface area contributed by atoms with Crippen LogP contribution in [0.4, 0.5) is 0 Å². The summed E-state index contributed by atoms with van der Waals surface area (Å²) in [7, 11) is 0. The SMILES string of the molecule is CC1C[C@H](C(=O)NCC(=O)NC(C)C)[C@H](C(=O)O)C1. The number of nitrogens with one attached hydrogen (secondary N) is 2. The Morgan fingerprint density at radius 2 is 1.79 bits per heavy atom. The zero-order valence-corrected chi connectivity index (χ0v) is 11.6. The molecule has 0 aromatic carbocycles. The van der Waals surface area contributed by atoms with Crippen LogP contribution in [0.3, 0.4) is 0 Å². The van der Waals surface area contributed by atoms with Crippen molar-refractivity contribution >= 4 is 17.8 Å². The second-order valence-electron chi connectivity index (χ2n) is 5.57. The minimum atomic E-state index is -0.934. The van der Waals surface area contributed by atoms with Crippen molar-refractivity contribution < 1.29 is 19.5 Å². The van der Waals surface area contributed by atoms with E-state index in [1.54, 1.807) is 0 Å². The van der Waals surface area contributed by atoms with Gasteiger partial charge in [-0.1, -0.05) is 6.92 Å². The summed E-state index contributed by atoms with van der Waals surface area (Å²) in [6.07, 6.45) is 1.08. The van der Waals surface area contributed by atoms with E-state index in [2.05, 4.69) is 10.6 Å². The molecule has 3 atom stereocenters. The molecular weight excluding hydrogens is 248 g/mol. The van der Waals surface area contributed by atoms with Crippen LogP contribution in [0.5, 0.6) is 0 Å². The molecule has 0 spiro atoms. The molecular formula is C13H22N2O4. The second-order valence-corrected chi connectivity index (χ2v) is 5.57. The van der Waals surface area contributed by atoms with Gasteiger partial charge >= 0.3 is 5.97 Å². The standard InChI is InChI=1S/C13H22N2O4/c1-7(2)15-11(16)6-14-12(17)9-4-8(3)5-10(9)13(18)19/h7-10H,4-6H2,1-3H3,(H,14,17)(H,15,16)(H,18,19)/t8?,9-,10+/m0/s1. The average Bonchev–Trinajstić information content (AvgIpc) is 2.67. The Balaban J connectivity index is 2.48. The van der Waals surface area contributed by atoms with Crippen LogP contribution in [0.15, 0.2) is 0 Å². The van der Waals surface area contributed by atoms with E-state index in [-0.39, 0.29) is 30.3 Å². The molecule has 1 aliphatic rings. The van der Waals surface area contributed by atoms with Crippen molar-refractivity contribution in [3.63, 3.8) is 0 Å². The molecule has 0 aromatic rings. The maximum Gasteiger partial charge on any atom is 0.307 e. The van der Waals surface area contributed by atoms with E-state index < -0.39 is 17.8 Å². The number of carbonyl (C=O) groups excluding carboxylic acids is 2. The molecule has 0 bridgehead atoms. The molecule has 0 heterocycles. The lowest BCUT2D eigenvalue weighted by Gasteiger charge is -2.16. The maximum atomic E-state index is 11.9. The van der Waals surface area contributed by atoms with E-state index in [4.69, 9.17) is 5.11 Å². The molecule has 3 N–H and O–H groups in total. The Labute approximate surface area is 112 Å². The van der Waals surface area contributed by atoms with Gasteiger partial charge in [0, 0.05) is 6.04 Å². The van der Waals surface area contributed by atoms with Crippen molar-refractivity contribution in [2.24, 2.45) is 17.8 Å². The molecule has 0 aromatic heterocycles. The summed E-state index contributed by atoms with van der Waals surface area (Å²) in [6, 6.07) is 0.0164. The summed E-state index contributed by atoms with van der Waals surface area (Å²) in [5.41, 5.74) is 0. The van der Waals surface area contributed by atoms with Crippen molar-refractivity contribution in [2.45, 2.75) is 39.7 Å². The fourth-order valence-electron chi connectivity index (χ4n) is 2.53. The number of rotatable bonds is 5. The molecule has 0 aliphatic heterocycles. The molecule has 0 saturated heterocycles. The van der Waals surface area contributed by atoms with Gasteiger partial charge in [-0.25, -0.2) is 0 Å². The summed E-state index contributed by atoms with van der Waals surface area (Å²) in [5.74, 6) is -2.48. The normalized spacial score (nSPS) is 26.2. The maximum absolute atomic E-state index is 11.9. The van der Waals surface area contributed by atoms with E-state index in [0.717, 1.165) is 0 Å². The van der Waals surface area contributed by atoms with Crippen LogP contribution in [0.25, 0.3) is 0 Å². The van der Waals surface area contributed by atoms with Crippen LogP contribution < -0.4 is 10.6 Å². The predicted molar refractivity (Wildman–Crippen MR) is 69.3 cm³/mol. The third-order valence-corrected chi connectivity index (χ3v) is 3.33. The fourth-order valence-corrected chi connectivity index (χ4v) is 2.53. The lowest BCUT2D eigenvalue weighted by molar-refractivity contribution is -0.146. The highest BCUT2D eigenvalue weighted by atomic mass is 16.4. The van der Waals surface area contributed by atoms with Crippen molar-refractivity contribution in [3.05, 3.63) is 0 Å². The van der Waals surface area contributed by atoms with Gasteiger partial charge in [0.15, 0.2) is 0 Å². The summed E-state index contributed by atoms with van der Waals surface area (Å²) in [6.45, 7) is 5.50. The molecule has 1 unspecified atom stereocenters. The van der Waals surface area contributed by atoms with Crippen LogP contribution in [-0.2, 0) is 14.4 Å². The molecule has 0 radical (unpaired) electrons. The first kappa shape index (κ1) is 15.5. The molecule has 1 rings (SSSR count). The van der Waals surface area contributed by atoms with Gasteiger partial charge in [-0.3, -0.25) is 14.4 Å². The highest BCUT2D eigenvalue weighted by Crippen LogP contribution is 2.36. The van der Waals surface area contributed by atoms with Gasteiger partial charge in [0.1, 0.15) is 0 Å². The monoisotopic (exact) mass is 270 g/mol. The number of hydrogen-bond acceptors (Lipinski definition) is 3. The van der Waals surface area contributed by atoms with Gasteiger partial charge in [-0.15, -0.1) is 0 Å². The van der Waals surface area contributed by atoms with Crippen molar-refractivity contribution in [3.8, 4) is 0 Å². The minimum Gasteiger partial charge on any atom is -0.481 e. The lowest BCUT2D eigenvalue weighted by Crippen LogP contribution is -2.43. The van der Waals surface area contributed by atoms with E-state index in [0.29, 0.717) is 12.8 Å². The highest BCUT2D eigenvalue weighted by Gasteiger charge is 2.41. The summed E-state index contributed by atoms with van der Waals surface area (Å²) in [5, 5.41) is 14.3. The molecule has 1 fully saturated rings. The third kappa shape index (κ3) is 4.54. The van der Waals surface area contributed by atoms with Crippen molar-refractivity contribution in [1.82, 2.24) is 10.6 Å². The number of carbonyl (C=O) groups is 3. The summed E-state index contributed by atoms with van der Waals surface area (Å²) in [4.78, 5) is 34.4. The van der Waals surface area contributed by atoms with Crippen LogP contribution in [0.2, 0.25) is 0 Å². The quantitative estimate of drug-likeness (QED) is 0.672. The largest absolute Gasteiger partial charge is 0.481 e. The molecule has 108 valence electrons. The van der Waals surface area contributed by atoms with Crippen LogP contribution >= 0.6 is 0 Å². The van der Waals surface area contributed by atoms with Crippen LogP contribution in [0, 0.1) is 17.8 Å². The number of hydrogen-bond donors (Lipinski definition) is 3. The second kappa shape index (κ2) is 6.54. The van der Waals surface area contributed by atoms with Crippen LogP contribution in [0.1, 0.15) is 33.6 Å². The Morgan fingerprint density at radius 3 is 2.32 bits per heavy atom. The van der Waals surface area contributed by atoms with Gasteiger partial charge in [0.05, 0.1) is 18.4 Å². The molecule has 6 heteroatoms. The van der Waals surface area contributed by atoms with Crippen LogP contribution in [-0.4, -0.2) is 35.5 Å². The topological polar surface area (TPSA) is 95.5 Å². The summed E-state index contributed by atoms with van der Waals surface area (Å²) >= 11 is 0. The fraction of sp³-hybridized carbons (Fsp3) is 0.769. The number of carboxylic acid groups (broad SMARTS) is 1. The Kier molecular flexibility index (Phi) is 5.32. The Bertz CT molecular complexity index is 368. The third-order valence-electron chi connectivity index (χ3n) is 3.33. The molecule has 1 saturated carbocycles. The van der Waals surface area contributed by atoms with Gasteiger partial charge in [0.2, 0.25) is 11.8 Å². The molecule has 19 heavy (non-hydrogen) atoms. The number of carboxylic acids is 1. The number of amides is 2. The highest BCUT2D eigenvalue weighted by molar-refractivity contribution is 5.88. The number of aliphatic carboxylic acids is 1. The van der Waals surface area contributed by atoms with E-state index in [9.17, 15) is 14.4 Å². The molecule has 1 aliphatic carbocycles. The smallest absolute Gasteiger partial charge is 0.307 e. The average molecular weight is 270 g/mol. The van der Waals surface area contributed by atoms with Gasteiger partial charge < -0.3 is 15.7 Å². The zero-order valence-electron chi connectivity index (χ0n) is 11.6. The van der Waals surface area contributed by atoms with Crippen molar-refractivity contribution in [2.75, 3.05) is 6.54 Å². The lowest BCUT2D eigenvalue weighted by atomic mass is 9.95.